The summed E-state index contributed by atoms with van der Waals surface area (Å²) in [5, 5.41) is 15.2. The molecular weight excluding hydrogens is 384 g/mol. The van der Waals surface area contributed by atoms with Crippen molar-refractivity contribution >= 4 is 17.3 Å². The second-order valence-corrected chi connectivity index (χ2v) is 8.64. The SMILES string of the molecule is c1n[nH]cc1-c1ncn2nc(NC3CCOCC3)nc2c1N1CC[C@]2(CCOC2)C1. The largest absolute Gasteiger partial charge is 0.381 e. The lowest BCUT2D eigenvalue weighted by atomic mass is 9.87. The summed E-state index contributed by atoms with van der Waals surface area (Å²) in [6.45, 7) is 5.17. The Bertz CT molecular complexity index is 1020. The van der Waals surface area contributed by atoms with Gasteiger partial charge in [-0.15, -0.1) is 5.10 Å². The summed E-state index contributed by atoms with van der Waals surface area (Å²) >= 11 is 0. The van der Waals surface area contributed by atoms with E-state index < -0.39 is 0 Å². The average Bonchev–Trinajstić information content (AvgIpc) is 3.57. The van der Waals surface area contributed by atoms with Crippen LogP contribution in [0, 0.1) is 5.41 Å². The Labute approximate surface area is 174 Å². The number of ether oxygens (including phenoxy) is 2. The molecule has 158 valence electrons. The molecule has 3 fully saturated rings. The second-order valence-electron chi connectivity index (χ2n) is 8.64. The molecule has 0 radical (unpaired) electrons. The van der Waals surface area contributed by atoms with Crippen LogP contribution in [0.15, 0.2) is 18.7 Å². The van der Waals surface area contributed by atoms with Crippen molar-refractivity contribution < 1.29 is 9.47 Å². The van der Waals surface area contributed by atoms with E-state index in [-0.39, 0.29) is 5.41 Å². The fourth-order valence-corrected chi connectivity index (χ4v) is 4.91. The highest BCUT2D eigenvalue weighted by molar-refractivity contribution is 5.85. The summed E-state index contributed by atoms with van der Waals surface area (Å²) in [4.78, 5) is 12.1. The van der Waals surface area contributed by atoms with Crippen LogP contribution in [0.3, 0.4) is 0 Å². The van der Waals surface area contributed by atoms with E-state index in [0.29, 0.717) is 12.0 Å². The Morgan fingerprint density at radius 1 is 1.17 bits per heavy atom. The number of anilines is 2. The third kappa shape index (κ3) is 3.10. The number of hydrogen-bond acceptors (Lipinski definition) is 8. The minimum Gasteiger partial charge on any atom is -0.381 e. The summed E-state index contributed by atoms with van der Waals surface area (Å²) in [7, 11) is 0. The highest BCUT2D eigenvalue weighted by Crippen LogP contribution is 2.43. The van der Waals surface area contributed by atoms with Gasteiger partial charge in [0.25, 0.3) is 0 Å². The Kier molecular flexibility index (Phi) is 4.34. The van der Waals surface area contributed by atoms with Crippen molar-refractivity contribution in [1.82, 2.24) is 29.8 Å². The maximum atomic E-state index is 5.73. The van der Waals surface area contributed by atoms with Crippen molar-refractivity contribution in [2.45, 2.75) is 31.7 Å². The van der Waals surface area contributed by atoms with Crippen molar-refractivity contribution in [3.8, 4) is 11.3 Å². The second kappa shape index (κ2) is 7.21. The quantitative estimate of drug-likeness (QED) is 0.670. The third-order valence-electron chi connectivity index (χ3n) is 6.63. The summed E-state index contributed by atoms with van der Waals surface area (Å²) in [5.41, 5.74) is 3.93. The standard InChI is InChI=1S/C20H26N8O2/c1-6-29-7-2-15(1)24-19-25-18-17(27-5-3-20(11-27)4-8-30-12-20)16(14-9-22-23-10-14)21-13-28(18)26-19/h9-10,13,15H,1-8,11-12H2,(H,22,23)(H,24,26)/t20-/m0/s1. The summed E-state index contributed by atoms with van der Waals surface area (Å²) in [5.74, 6) is 0.646. The fraction of sp³-hybridized carbons (Fsp3) is 0.600. The highest BCUT2D eigenvalue weighted by atomic mass is 16.5. The van der Waals surface area contributed by atoms with Crippen molar-refractivity contribution in [3.63, 3.8) is 0 Å². The molecule has 0 aromatic carbocycles. The van der Waals surface area contributed by atoms with Gasteiger partial charge in [0.15, 0.2) is 5.65 Å². The maximum Gasteiger partial charge on any atom is 0.243 e. The number of fused-ring (bicyclic) bond motifs is 1. The zero-order valence-corrected chi connectivity index (χ0v) is 16.9. The molecule has 0 saturated carbocycles. The highest BCUT2D eigenvalue weighted by Gasteiger charge is 2.42. The van der Waals surface area contributed by atoms with E-state index in [0.717, 1.165) is 87.8 Å². The Morgan fingerprint density at radius 3 is 2.90 bits per heavy atom. The topological polar surface area (TPSA) is 105 Å². The van der Waals surface area contributed by atoms with Gasteiger partial charge in [-0.2, -0.15) is 14.6 Å². The van der Waals surface area contributed by atoms with Crippen molar-refractivity contribution in [1.29, 1.82) is 0 Å². The van der Waals surface area contributed by atoms with Gasteiger partial charge < -0.3 is 19.7 Å². The molecule has 6 rings (SSSR count). The van der Waals surface area contributed by atoms with Gasteiger partial charge in [-0.3, -0.25) is 5.10 Å². The molecule has 0 amide bonds. The molecule has 0 aliphatic carbocycles. The molecule has 6 heterocycles. The molecule has 10 heteroatoms. The van der Waals surface area contributed by atoms with Crippen LogP contribution in [0.5, 0.6) is 0 Å². The Hall–Kier alpha value is -2.72. The van der Waals surface area contributed by atoms with Crippen LogP contribution in [-0.2, 0) is 9.47 Å². The number of nitrogens with one attached hydrogen (secondary N) is 2. The molecule has 10 nitrogen and oxygen atoms in total. The van der Waals surface area contributed by atoms with Crippen LogP contribution in [-0.4, -0.2) is 75.3 Å². The molecule has 1 spiro atoms. The Balaban J connectivity index is 1.40. The molecule has 3 aliphatic heterocycles. The average molecular weight is 410 g/mol. The number of rotatable bonds is 4. The molecule has 0 unspecified atom stereocenters. The van der Waals surface area contributed by atoms with E-state index in [9.17, 15) is 0 Å². The first kappa shape index (κ1) is 18.1. The lowest BCUT2D eigenvalue weighted by molar-refractivity contribution is 0.0903. The predicted molar refractivity (Wildman–Crippen MR) is 111 cm³/mol. The van der Waals surface area contributed by atoms with Crippen molar-refractivity contribution in [2.24, 2.45) is 5.41 Å². The van der Waals surface area contributed by atoms with Crippen LogP contribution < -0.4 is 10.2 Å². The molecule has 0 bridgehead atoms. The molecular formula is C20H26N8O2. The van der Waals surface area contributed by atoms with Crippen molar-refractivity contribution in [2.75, 3.05) is 49.7 Å². The zero-order chi connectivity index (χ0) is 20.0. The number of nitrogens with zero attached hydrogens (tertiary/aromatic N) is 6. The minimum atomic E-state index is 0.240. The van der Waals surface area contributed by atoms with Gasteiger partial charge in [0.2, 0.25) is 5.95 Å². The number of aromatic amines is 1. The van der Waals surface area contributed by atoms with E-state index in [1.807, 2.05) is 12.4 Å². The first-order valence-electron chi connectivity index (χ1n) is 10.7. The number of H-pyrrole nitrogens is 1. The molecule has 3 aromatic rings. The number of hydrogen-bond donors (Lipinski definition) is 2. The van der Waals surface area contributed by atoms with E-state index in [2.05, 4.69) is 25.5 Å². The lowest BCUT2D eigenvalue weighted by Crippen LogP contribution is -2.28. The Morgan fingerprint density at radius 2 is 2.10 bits per heavy atom. The molecule has 3 aromatic heterocycles. The normalized spacial score (nSPS) is 25.0. The van der Waals surface area contributed by atoms with Crippen LogP contribution in [0.2, 0.25) is 0 Å². The monoisotopic (exact) mass is 410 g/mol. The first-order chi connectivity index (χ1) is 14.8. The molecule has 2 N–H and O–H groups in total. The fourth-order valence-electron chi connectivity index (χ4n) is 4.91. The van der Waals surface area contributed by atoms with Crippen LogP contribution in [0.4, 0.5) is 11.6 Å². The van der Waals surface area contributed by atoms with E-state index >= 15 is 0 Å². The molecule has 1 atom stereocenters. The molecule has 30 heavy (non-hydrogen) atoms. The lowest BCUT2D eigenvalue weighted by Gasteiger charge is -2.24. The van der Waals surface area contributed by atoms with Gasteiger partial charge in [-0.05, 0) is 25.7 Å². The van der Waals surface area contributed by atoms with Gasteiger partial charge in [0.05, 0.1) is 12.8 Å². The van der Waals surface area contributed by atoms with Gasteiger partial charge in [-0.1, -0.05) is 0 Å². The van der Waals surface area contributed by atoms with Crippen LogP contribution in [0.1, 0.15) is 25.7 Å². The smallest absolute Gasteiger partial charge is 0.243 e. The van der Waals surface area contributed by atoms with Gasteiger partial charge >= 0.3 is 0 Å². The van der Waals surface area contributed by atoms with Crippen LogP contribution in [0.25, 0.3) is 16.9 Å². The zero-order valence-electron chi connectivity index (χ0n) is 16.9. The maximum absolute atomic E-state index is 5.73. The van der Waals surface area contributed by atoms with Gasteiger partial charge in [-0.25, -0.2) is 4.98 Å². The third-order valence-corrected chi connectivity index (χ3v) is 6.63. The summed E-state index contributed by atoms with van der Waals surface area (Å²) in [6.07, 6.45) is 9.61. The summed E-state index contributed by atoms with van der Waals surface area (Å²) < 4.78 is 13.0. The van der Waals surface area contributed by atoms with E-state index in [1.165, 1.54) is 0 Å². The van der Waals surface area contributed by atoms with Crippen LogP contribution >= 0.6 is 0 Å². The molecule has 3 saturated heterocycles. The van der Waals surface area contributed by atoms with Gasteiger partial charge in [0, 0.05) is 56.1 Å². The summed E-state index contributed by atoms with van der Waals surface area (Å²) in [6, 6.07) is 0.339. The molecule has 3 aliphatic rings. The van der Waals surface area contributed by atoms with Crippen molar-refractivity contribution in [3.05, 3.63) is 18.7 Å². The van der Waals surface area contributed by atoms with E-state index in [4.69, 9.17) is 19.4 Å². The minimum absolute atomic E-state index is 0.240. The first-order valence-corrected chi connectivity index (χ1v) is 10.7. The van der Waals surface area contributed by atoms with Gasteiger partial charge in [0.1, 0.15) is 17.7 Å². The predicted octanol–water partition coefficient (Wildman–Crippen LogP) is 1.72. The van der Waals surface area contributed by atoms with E-state index in [1.54, 1.807) is 10.8 Å². The number of aromatic nitrogens is 6.